The number of carbonyl (C=O) groups excluding carboxylic acids is 1. The predicted molar refractivity (Wildman–Crippen MR) is 82.8 cm³/mol. The Balaban J connectivity index is 2.28. The summed E-state index contributed by atoms with van der Waals surface area (Å²) in [7, 11) is 0. The standard InChI is InChI=1S/C14H16BrNO3S/c15-11-3-1-2-10(5-11)12(6-14(18)19)16-7-9(8-20)4-13(16)17/h1-3,5,9,12,20H,4,6-8H2,(H,18,19). The van der Waals surface area contributed by atoms with Crippen molar-refractivity contribution in [2.45, 2.75) is 18.9 Å². The summed E-state index contributed by atoms with van der Waals surface area (Å²) in [5.41, 5.74) is 0.843. The van der Waals surface area contributed by atoms with Gasteiger partial charge in [0.25, 0.3) is 0 Å². The van der Waals surface area contributed by atoms with Crippen LogP contribution in [0.15, 0.2) is 28.7 Å². The highest BCUT2D eigenvalue weighted by Gasteiger charge is 2.35. The van der Waals surface area contributed by atoms with Crippen molar-refractivity contribution in [3.8, 4) is 0 Å². The maximum atomic E-state index is 12.1. The van der Waals surface area contributed by atoms with Crippen molar-refractivity contribution in [2.75, 3.05) is 12.3 Å². The van der Waals surface area contributed by atoms with Crippen LogP contribution in [0, 0.1) is 5.92 Å². The summed E-state index contributed by atoms with van der Waals surface area (Å²) in [4.78, 5) is 24.9. The number of carboxylic acid groups (broad SMARTS) is 1. The molecule has 1 aromatic carbocycles. The topological polar surface area (TPSA) is 57.6 Å². The number of nitrogens with zero attached hydrogens (tertiary/aromatic N) is 1. The largest absolute Gasteiger partial charge is 0.481 e. The highest BCUT2D eigenvalue weighted by Crippen LogP contribution is 2.32. The van der Waals surface area contributed by atoms with E-state index in [0.29, 0.717) is 18.7 Å². The Kier molecular flexibility index (Phi) is 5.10. The molecule has 0 saturated carbocycles. The molecular weight excluding hydrogens is 342 g/mol. The van der Waals surface area contributed by atoms with Crippen LogP contribution in [0.4, 0.5) is 0 Å². The Labute approximate surface area is 131 Å². The lowest BCUT2D eigenvalue weighted by Crippen LogP contribution is -2.32. The second kappa shape index (κ2) is 6.63. The van der Waals surface area contributed by atoms with E-state index in [1.165, 1.54) is 0 Å². The number of carboxylic acids is 1. The fourth-order valence-electron chi connectivity index (χ4n) is 2.52. The zero-order valence-electron chi connectivity index (χ0n) is 10.8. The number of hydrogen-bond acceptors (Lipinski definition) is 3. The Morgan fingerprint density at radius 2 is 2.30 bits per heavy atom. The minimum atomic E-state index is -0.905. The van der Waals surface area contributed by atoms with E-state index < -0.39 is 12.0 Å². The van der Waals surface area contributed by atoms with Gasteiger partial charge < -0.3 is 10.0 Å². The smallest absolute Gasteiger partial charge is 0.305 e. The summed E-state index contributed by atoms with van der Waals surface area (Å²) in [5, 5.41) is 9.12. The summed E-state index contributed by atoms with van der Waals surface area (Å²) < 4.78 is 0.878. The molecule has 1 heterocycles. The number of halogens is 1. The Morgan fingerprint density at radius 3 is 2.85 bits per heavy atom. The van der Waals surface area contributed by atoms with E-state index in [4.69, 9.17) is 5.11 Å². The molecule has 6 heteroatoms. The molecule has 2 unspecified atom stereocenters. The van der Waals surface area contributed by atoms with Crippen molar-refractivity contribution in [3.63, 3.8) is 0 Å². The first-order valence-corrected chi connectivity index (χ1v) is 7.81. The number of rotatable bonds is 5. The molecule has 0 radical (unpaired) electrons. The second-order valence-electron chi connectivity index (χ2n) is 4.97. The maximum absolute atomic E-state index is 12.1. The quantitative estimate of drug-likeness (QED) is 0.796. The van der Waals surface area contributed by atoms with Gasteiger partial charge in [0.1, 0.15) is 0 Å². The fraction of sp³-hybridized carbons (Fsp3) is 0.429. The molecule has 0 aromatic heterocycles. The number of aliphatic carboxylic acids is 1. The first kappa shape index (κ1) is 15.4. The van der Waals surface area contributed by atoms with Crippen LogP contribution in [0.1, 0.15) is 24.4 Å². The van der Waals surface area contributed by atoms with Crippen molar-refractivity contribution in [1.82, 2.24) is 4.90 Å². The third kappa shape index (κ3) is 3.55. The van der Waals surface area contributed by atoms with E-state index in [9.17, 15) is 9.59 Å². The van der Waals surface area contributed by atoms with E-state index >= 15 is 0 Å². The van der Waals surface area contributed by atoms with Crippen LogP contribution in [0.2, 0.25) is 0 Å². The van der Waals surface area contributed by atoms with Gasteiger partial charge in [-0.2, -0.15) is 12.6 Å². The monoisotopic (exact) mass is 357 g/mol. The number of thiol groups is 1. The van der Waals surface area contributed by atoms with Crippen LogP contribution < -0.4 is 0 Å². The predicted octanol–water partition coefficient (Wildman–Crippen LogP) is 2.74. The first-order chi connectivity index (χ1) is 9.51. The van der Waals surface area contributed by atoms with Gasteiger partial charge in [-0.1, -0.05) is 28.1 Å². The maximum Gasteiger partial charge on any atom is 0.305 e. The van der Waals surface area contributed by atoms with Gasteiger partial charge in [-0.15, -0.1) is 0 Å². The summed E-state index contributed by atoms with van der Waals surface area (Å²) >= 11 is 7.62. The molecule has 1 N–H and O–H groups in total. The Bertz CT molecular complexity index is 523. The highest BCUT2D eigenvalue weighted by atomic mass is 79.9. The lowest BCUT2D eigenvalue weighted by molar-refractivity contribution is -0.139. The van der Waals surface area contributed by atoms with Gasteiger partial charge in [-0.05, 0) is 29.4 Å². The molecule has 2 rings (SSSR count). The van der Waals surface area contributed by atoms with Crippen LogP contribution in [-0.4, -0.2) is 34.2 Å². The van der Waals surface area contributed by atoms with Crippen LogP contribution in [0.3, 0.4) is 0 Å². The van der Waals surface area contributed by atoms with Crippen LogP contribution in [0.5, 0.6) is 0 Å². The molecule has 0 bridgehead atoms. The van der Waals surface area contributed by atoms with Gasteiger partial charge in [0, 0.05) is 17.4 Å². The fourth-order valence-corrected chi connectivity index (χ4v) is 3.18. The van der Waals surface area contributed by atoms with Crippen LogP contribution >= 0.6 is 28.6 Å². The summed E-state index contributed by atoms with van der Waals surface area (Å²) in [6.45, 7) is 0.576. The third-order valence-electron chi connectivity index (χ3n) is 3.47. The van der Waals surface area contributed by atoms with Crippen molar-refractivity contribution < 1.29 is 14.7 Å². The SMILES string of the molecule is O=C(O)CC(c1cccc(Br)c1)N1CC(CS)CC1=O. The van der Waals surface area contributed by atoms with Gasteiger partial charge in [-0.3, -0.25) is 9.59 Å². The minimum Gasteiger partial charge on any atom is -0.481 e. The van der Waals surface area contributed by atoms with E-state index in [0.717, 1.165) is 10.0 Å². The molecule has 1 fully saturated rings. The second-order valence-corrected chi connectivity index (χ2v) is 6.25. The van der Waals surface area contributed by atoms with Crippen molar-refractivity contribution >= 4 is 40.4 Å². The third-order valence-corrected chi connectivity index (χ3v) is 4.48. The zero-order valence-corrected chi connectivity index (χ0v) is 13.3. The molecule has 2 atom stereocenters. The Hall–Kier alpha value is -1.01. The minimum absolute atomic E-state index is 0.00951. The van der Waals surface area contributed by atoms with Crippen LogP contribution in [0.25, 0.3) is 0 Å². The number of amides is 1. The average molecular weight is 358 g/mol. The van der Waals surface area contributed by atoms with Crippen molar-refractivity contribution in [2.24, 2.45) is 5.92 Å². The first-order valence-electron chi connectivity index (χ1n) is 6.39. The summed E-state index contributed by atoms with van der Waals surface area (Å²) in [5.74, 6) is -0.0535. The molecule has 4 nitrogen and oxygen atoms in total. The Morgan fingerprint density at radius 1 is 1.55 bits per heavy atom. The van der Waals surface area contributed by atoms with Crippen molar-refractivity contribution in [3.05, 3.63) is 34.3 Å². The van der Waals surface area contributed by atoms with Gasteiger partial charge in [-0.25, -0.2) is 0 Å². The average Bonchev–Trinajstić information content (AvgIpc) is 2.77. The van der Waals surface area contributed by atoms with Gasteiger partial charge in [0.2, 0.25) is 5.91 Å². The number of likely N-dealkylation sites (tertiary alicyclic amines) is 1. The molecule has 1 amide bonds. The molecule has 20 heavy (non-hydrogen) atoms. The lowest BCUT2D eigenvalue weighted by Gasteiger charge is -2.27. The molecule has 1 aliphatic rings. The molecule has 1 aromatic rings. The van der Waals surface area contributed by atoms with Gasteiger partial charge >= 0.3 is 5.97 Å². The van der Waals surface area contributed by atoms with Gasteiger partial charge in [0.15, 0.2) is 0 Å². The number of carbonyl (C=O) groups is 2. The zero-order chi connectivity index (χ0) is 14.7. The van der Waals surface area contributed by atoms with Crippen molar-refractivity contribution in [1.29, 1.82) is 0 Å². The summed E-state index contributed by atoms with van der Waals surface area (Å²) in [6, 6.07) is 7.05. The molecule has 0 aliphatic carbocycles. The normalized spacial score (nSPS) is 20.2. The molecule has 108 valence electrons. The summed E-state index contributed by atoms with van der Waals surface area (Å²) in [6.07, 6.45) is 0.370. The van der Waals surface area contributed by atoms with E-state index in [1.807, 2.05) is 24.3 Å². The van der Waals surface area contributed by atoms with Gasteiger partial charge in [0.05, 0.1) is 12.5 Å². The van der Waals surface area contributed by atoms with E-state index in [-0.39, 0.29) is 18.2 Å². The highest BCUT2D eigenvalue weighted by molar-refractivity contribution is 9.10. The lowest BCUT2D eigenvalue weighted by atomic mass is 10.0. The molecule has 0 spiro atoms. The van der Waals surface area contributed by atoms with E-state index in [2.05, 4.69) is 28.6 Å². The van der Waals surface area contributed by atoms with E-state index in [1.54, 1.807) is 4.90 Å². The van der Waals surface area contributed by atoms with Crippen LogP contribution in [-0.2, 0) is 9.59 Å². The molecular formula is C14H16BrNO3S. The molecule has 1 saturated heterocycles. The molecule has 1 aliphatic heterocycles. The number of hydrogen-bond donors (Lipinski definition) is 2. The number of benzene rings is 1.